The molecule has 0 fully saturated rings. The van der Waals surface area contributed by atoms with Gasteiger partial charge >= 0.3 is 0 Å². The summed E-state index contributed by atoms with van der Waals surface area (Å²) < 4.78 is 34.3. The lowest BCUT2D eigenvalue weighted by atomic mass is 10.0. The van der Waals surface area contributed by atoms with Crippen LogP contribution in [0.25, 0.3) is 22.0 Å². The van der Waals surface area contributed by atoms with Crippen LogP contribution in [0.4, 0.5) is 0 Å². The van der Waals surface area contributed by atoms with Crippen molar-refractivity contribution in [3.05, 3.63) is 82.0 Å². The normalized spacial score (nSPS) is 11.8. The van der Waals surface area contributed by atoms with Crippen LogP contribution < -0.4 is 10.3 Å². The Balaban J connectivity index is 1.77. The molecule has 0 atom stereocenters. The number of aromatic amines is 1. The monoisotopic (exact) mass is 423 g/mol. The molecule has 30 heavy (non-hydrogen) atoms. The molecule has 2 aromatic heterocycles. The van der Waals surface area contributed by atoms with Crippen molar-refractivity contribution >= 4 is 20.9 Å². The van der Waals surface area contributed by atoms with Crippen LogP contribution in [0.3, 0.4) is 0 Å². The molecule has 0 aliphatic heterocycles. The molecule has 2 aromatic carbocycles. The molecule has 0 aliphatic rings. The predicted molar refractivity (Wildman–Crippen MR) is 115 cm³/mol. The molecule has 0 aliphatic carbocycles. The lowest BCUT2D eigenvalue weighted by molar-refractivity contribution is 0.393. The maximum absolute atomic E-state index is 13.2. The molecule has 4 aromatic rings. The number of rotatable bonds is 6. The van der Waals surface area contributed by atoms with E-state index in [2.05, 4.69) is 14.9 Å². The van der Waals surface area contributed by atoms with Gasteiger partial charge in [0, 0.05) is 23.6 Å². The quantitative estimate of drug-likeness (QED) is 0.495. The third kappa shape index (κ3) is 3.92. The summed E-state index contributed by atoms with van der Waals surface area (Å²) in [7, 11) is -3.83. The first-order valence-electron chi connectivity index (χ1n) is 9.49. The van der Waals surface area contributed by atoms with Crippen LogP contribution in [0.15, 0.2) is 68.8 Å². The number of nitrogens with zero attached hydrogens (tertiary/aromatic N) is 1. The number of nitrogens with one attached hydrogen (secondary N) is 2. The molecular weight excluding hydrogens is 402 g/mol. The molecule has 0 saturated heterocycles. The molecule has 2 heterocycles. The van der Waals surface area contributed by atoms with Crippen molar-refractivity contribution in [2.24, 2.45) is 0 Å². The minimum atomic E-state index is -3.83. The van der Waals surface area contributed by atoms with E-state index in [1.807, 2.05) is 30.3 Å². The van der Waals surface area contributed by atoms with Gasteiger partial charge in [-0.25, -0.2) is 13.1 Å². The summed E-state index contributed by atoms with van der Waals surface area (Å²) in [6.45, 7) is 3.81. The molecule has 2 N–H and O–H groups in total. The van der Waals surface area contributed by atoms with Crippen LogP contribution in [0, 0.1) is 13.8 Å². The predicted octanol–water partition coefficient (Wildman–Crippen LogP) is 3.32. The highest BCUT2D eigenvalue weighted by Crippen LogP contribution is 2.32. The number of pyridine rings is 1. The van der Waals surface area contributed by atoms with Gasteiger partial charge in [0.05, 0.1) is 16.1 Å². The third-order valence-electron chi connectivity index (χ3n) is 4.96. The summed E-state index contributed by atoms with van der Waals surface area (Å²) in [5.74, 6) is 0.575. The van der Waals surface area contributed by atoms with Crippen molar-refractivity contribution in [1.82, 2.24) is 14.9 Å². The third-order valence-corrected chi connectivity index (χ3v) is 6.46. The van der Waals surface area contributed by atoms with Crippen molar-refractivity contribution in [3.63, 3.8) is 0 Å². The van der Waals surface area contributed by atoms with E-state index in [0.29, 0.717) is 39.9 Å². The highest BCUT2D eigenvalue weighted by atomic mass is 32.2. The fourth-order valence-electron chi connectivity index (χ4n) is 3.55. The van der Waals surface area contributed by atoms with E-state index in [0.717, 1.165) is 5.56 Å². The van der Waals surface area contributed by atoms with Crippen LogP contribution in [0.1, 0.15) is 17.0 Å². The zero-order chi connectivity index (χ0) is 21.3. The van der Waals surface area contributed by atoms with Crippen molar-refractivity contribution in [1.29, 1.82) is 0 Å². The Labute approximate surface area is 173 Å². The average Bonchev–Trinajstić information content (AvgIpc) is 3.05. The minimum absolute atomic E-state index is 0.0966. The van der Waals surface area contributed by atoms with E-state index >= 15 is 0 Å². The van der Waals surface area contributed by atoms with Gasteiger partial charge in [0.1, 0.15) is 5.76 Å². The number of hydrogen-bond donors (Lipinski definition) is 2. The van der Waals surface area contributed by atoms with Crippen LogP contribution in [-0.2, 0) is 16.4 Å². The van der Waals surface area contributed by atoms with Gasteiger partial charge in [-0.05, 0) is 49.6 Å². The van der Waals surface area contributed by atoms with Gasteiger partial charge in [-0.3, -0.25) is 4.79 Å². The van der Waals surface area contributed by atoms with Crippen molar-refractivity contribution in [2.45, 2.75) is 25.2 Å². The second-order valence-corrected chi connectivity index (χ2v) is 8.83. The van der Waals surface area contributed by atoms with Crippen LogP contribution in [-0.4, -0.2) is 25.1 Å². The van der Waals surface area contributed by atoms with E-state index in [4.69, 9.17) is 4.52 Å². The topological polar surface area (TPSA) is 105 Å². The molecule has 0 amide bonds. The first-order valence-corrected chi connectivity index (χ1v) is 11.0. The Kier molecular flexibility index (Phi) is 5.27. The second kappa shape index (κ2) is 7.89. The SMILES string of the molecule is Cc1noc(C)c1-c1cc(S(=O)(=O)NCCc2ccccc2)c2ccc(=O)[nH]c2c1. The molecule has 0 spiro atoms. The van der Waals surface area contributed by atoms with Gasteiger partial charge in [0.2, 0.25) is 15.6 Å². The Morgan fingerprint density at radius 3 is 2.53 bits per heavy atom. The molecule has 0 saturated carbocycles. The number of aromatic nitrogens is 2. The number of H-pyrrole nitrogens is 1. The maximum atomic E-state index is 13.2. The molecule has 0 bridgehead atoms. The summed E-state index contributed by atoms with van der Waals surface area (Å²) in [5.41, 5.74) is 3.14. The maximum Gasteiger partial charge on any atom is 0.248 e. The Morgan fingerprint density at radius 1 is 1.07 bits per heavy atom. The summed E-state index contributed by atoms with van der Waals surface area (Å²) in [5, 5.41) is 4.40. The van der Waals surface area contributed by atoms with Crippen LogP contribution >= 0.6 is 0 Å². The highest BCUT2D eigenvalue weighted by molar-refractivity contribution is 7.89. The first kappa shape index (κ1) is 20.1. The Bertz CT molecular complexity index is 1350. The standard InChI is InChI=1S/C22H21N3O4S/c1-14-22(15(2)29-25-14)17-12-19-18(8-9-21(26)24-19)20(13-17)30(27,28)23-11-10-16-6-4-3-5-7-16/h3-9,12-13,23H,10-11H2,1-2H3,(H,24,26). The number of sulfonamides is 1. The van der Waals surface area contributed by atoms with Gasteiger partial charge in [-0.15, -0.1) is 0 Å². The minimum Gasteiger partial charge on any atom is -0.361 e. The zero-order valence-corrected chi connectivity index (χ0v) is 17.4. The second-order valence-electron chi connectivity index (χ2n) is 7.09. The summed E-state index contributed by atoms with van der Waals surface area (Å²) in [6.07, 6.45) is 0.568. The van der Waals surface area contributed by atoms with E-state index in [9.17, 15) is 13.2 Å². The Morgan fingerprint density at radius 2 is 1.83 bits per heavy atom. The summed E-state index contributed by atoms with van der Waals surface area (Å²) >= 11 is 0. The smallest absolute Gasteiger partial charge is 0.248 e. The van der Waals surface area contributed by atoms with Gasteiger partial charge in [0.15, 0.2) is 0 Å². The van der Waals surface area contributed by atoms with Gasteiger partial charge in [0.25, 0.3) is 0 Å². The van der Waals surface area contributed by atoms with Crippen molar-refractivity contribution in [3.8, 4) is 11.1 Å². The van der Waals surface area contributed by atoms with E-state index in [1.165, 1.54) is 12.1 Å². The van der Waals surface area contributed by atoms with E-state index in [-0.39, 0.29) is 17.0 Å². The number of fused-ring (bicyclic) bond motifs is 1. The molecule has 0 unspecified atom stereocenters. The van der Waals surface area contributed by atoms with Crippen LogP contribution in [0.2, 0.25) is 0 Å². The molecule has 4 rings (SSSR count). The van der Waals surface area contributed by atoms with E-state index in [1.54, 1.807) is 26.0 Å². The molecule has 8 heteroatoms. The van der Waals surface area contributed by atoms with Crippen molar-refractivity contribution < 1.29 is 12.9 Å². The van der Waals surface area contributed by atoms with Crippen LogP contribution in [0.5, 0.6) is 0 Å². The first-order chi connectivity index (χ1) is 14.3. The lowest BCUT2D eigenvalue weighted by Crippen LogP contribution is -2.26. The molecule has 7 nitrogen and oxygen atoms in total. The van der Waals surface area contributed by atoms with E-state index < -0.39 is 10.0 Å². The zero-order valence-electron chi connectivity index (χ0n) is 16.6. The average molecular weight is 423 g/mol. The fourth-order valence-corrected chi connectivity index (χ4v) is 4.83. The number of aryl methyl sites for hydroxylation is 2. The van der Waals surface area contributed by atoms with Gasteiger partial charge in [-0.1, -0.05) is 35.5 Å². The van der Waals surface area contributed by atoms with Gasteiger partial charge in [-0.2, -0.15) is 0 Å². The highest BCUT2D eigenvalue weighted by Gasteiger charge is 2.21. The largest absolute Gasteiger partial charge is 0.361 e. The number of benzene rings is 2. The summed E-state index contributed by atoms with van der Waals surface area (Å²) in [4.78, 5) is 14.7. The number of hydrogen-bond acceptors (Lipinski definition) is 5. The molecular formula is C22H21N3O4S. The van der Waals surface area contributed by atoms with Crippen molar-refractivity contribution in [2.75, 3.05) is 6.54 Å². The fraction of sp³-hybridized carbons (Fsp3) is 0.182. The molecule has 154 valence electrons. The Hall–Kier alpha value is -3.23. The lowest BCUT2D eigenvalue weighted by Gasteiger charge is -2.12. The van der Waals surface area contributed by atoms with Gasteiger partial charge < -0.3 is 9.51 Å². The summed E-state index contributed by atoms with van der Waals surface area (Å²) in [6, 6.07) is 15.8. The molecule has 0 radical (unpaired) electrons.